The summed E-state index contributed by atoms with van der Waals surface area (Å²) in [7, 11) is 0. The summed E-state index contributed by atoms with van der Waals surface area (Å²) in [5.74, 6) is 1.36. The highest BCUT2D eigenvalue weighted by molar-refractivity contribution is 5.95. The molecule has 3 aliphatic heterocycles. The van der Waals surface area contributed by atoms with Gasteiger partial charge in [-0.15, -0.1) is 0 Å². The third-order valence-corrected chi connectivity index (χ3v) is 6.86. The maximum absolute atomic E-state index is 13.3. The number of hydrogen-bond acceptors (Lipinski definition) is 5. The van der Waals surface area contributed by atoms with Gasteiger partial charge in [-0.1, -0.05) is 12.1 Å². The van der Waals surface area contributed by atoms with Gasteiger partial charge in [-0.3, -0.25) is 14.6 Å². The van der Waals surface area contributed by atoms with E-state index < -0.39 is 0 Å². The van der Waals surface area contributed by atoms with Crippen LogP contribution in [0.4, 0.5) is 10.2 Å². The average molecular weight is 425 g/mol. The highest BCUT2D eigenvalue weighted by atomic mass is 19.1. The van der Waals surface area contributed by atoms with E-state index in [1.165, 1.54) is 12.1 Å². The molecule has 2 fully saturated rings. The number of carbonyl (C=O) groups is 1. The van der Waals surface area contributed by atoms with Crippen LogP contribution >= 0.6 is 0 Å². The first-order valence-electron chi connectivity index (χ1n) is 11.4. The molecule has 2 saturated heterocycles. The van der Waals surface area contributed by atoms with Crippen LogP contribution < -0.4 is 4.90 Å². The molecule has 5 rings (SSSR count). The van der Waals surface area contributed by atoms with Gasteiger partial charge in [0.1, 0.15) is 17.5 Å². The standard InChI is InChI=1S/C24H29FN4O2/c1-16-20-8-9-22(30)29(15-17-4-6-18(25)7-5-17)24(20)27-23(26-16)21-3-2-12-28(21)19-10-13-31-14-11-19/h4-7,19,21H,2-3,8-15H2,1H3. The Morgan fingerprint density at radius 2 is 1.87 bits per heavy atom. The minimum absolute atomic E-state index is 0.0635. The Labute approximate surface area is 182 Å². The molecule has 1 atom stereocenters. The Balaban J connectivity index is 1.47. The zero-order chi connectivity index (χ0) is 21.4. The first kappa shape index (κ1) is 20.5. The number of halogens is 1. The molecule has 164 valence electrons. The van der Waals surface area contributed by atoms with Crippen LogP contribution in [0.3, 0.4) is 0 Å². The van der Waals surface area contributed by atoms with Crippen LogP contribution in [-0.4, -0.2) is 46.6 Å². The number of carbonyl (C=O) groups excluding carboxylic acids is 1. The van der Waals surface area contributed by atoms with Gasteiger partial charge in [0.05, 0.1) is 12.6 Å². The molecule has 1 amide bonds. The van der Waals surface area contributed by atoms with E-state index in [2.05, 4.69) is 4.90 Å². The summed E-state index contributed by atoms with van der Waals surface area (Å²) in [6.45, 7) is 5.13. The van der Waals surface area contributed by atoms with Gasteiger partial charge < -0.3 is 4.74 Å². The molecule has 1 aromatic heterocycles. The molecular weight excluding hydrogens is 395 g/mol. The number of nitrogens with zero attached hydrogens (tertiary/aromatic N) is 4. The van der Waals surface area contributed by atoms with Gasteiger partial charge in [0.25, 0.3) is 0 Å². The van der Waals surface area contributed by atoms with E-state index >= 15 is 0 Å². The van der Waals surface area contributed by atoms with Gasteiger partial charge in [-0.25, -0.2) is 14.4 Å². The molecule has 6 nitrogen and oxygen atoms in total. The van der Waals surface area contributed by atoms with Crippen molar-refractivity contribution in [2.45, 2.75) is 64.1 Å². The minimum Gasteiger partial charge on any atom is -0.381 e. The second-order valence-electron chi connectivity index (χ2n) is 8.82. The van der Waals surface area contributed by atoms with Gasteiger partial charge in [0.2, 0.25) is 5.91 Å². The number of fused-ring (bicyclic) bond motifs is 1. The van der Waals surface area contributed by atoms with E-state index in [4.69, 9.17) is 14.7 Å². The molecule has 0 aliphatic carbocycles. The van der Waals surface area contributed by atoms with Crippen molar-refractivity contribution < 1.29 is 13.9 Å². The molecule has 0 radical (unpaired) electrons. The topological polar surface area (TPSA) is 58.6 Å². The quantitative estimate of drug-likeness (QED) is 0.749. The molecule has 0 spiro atoms. The van der Waals surface area contributed by atoms with E-state index in [0.717, 1.165) is 73.9 Å². The predicted molar refractivity (Wildman–Crippen MR) is 115 cm³/mol. The number of aryl methyl sites for hydroxylation is 1. The van der Waals surface area contributed by atoms with Crippen molar-refractivity contribution in [3.63, 3.8) is 0 Å². The number of likely N-dealkylation sites (tertiary alicyclic amines) is 1. The normalized spacial score (nSPS) is 22.7. The van der Waals surface area contributed by atoms with Crippen molar-refractivity contribution in [3.05, 3.63) is 52.7 Å². The van der Waals surface area contributed by atoms with E-state index in [-0.39, 0.29) is 17.8 Å². The Bertz CT molecular complexity index is 959. The number of anilines is 1. The fourth-order valence-corrected chi connectivity index (χ4v) is 5.21. The van der Waals surface area contributed by atoms with Gasteiger partial charge in [-0.2, -0.15) is 0 Å². The van der Waals surface area contributed by atoms with Crippen molar-refractivity contribution in [2.75, 3.05) is 24.7 Å². The van der Waals surface area contributed by atoms with Crippen molar-refractivity contribution in [1.29, 1.82) is 0 Å². The number of ether oxygens (including phenoxy) is 1. The Kier molecular flexibility index (Phi) is 5.71. The van der Waals surface area contributed by atoms with Crippen LogP contribution in [0, 0.1) is 12.7 Å². The van der Waals surface area contributed by atoms with Crippen LogP contribution in [0.25, 0.3) is 0 Å². The molecular formula is C24H29FN4O2. The molecule has 1 aromatic carbocycles. The first-order chi connectivity index (χ1) is 15.1. The molecule has 7 heteroatoms. The van der Waals surface area contributed by atoms with E-state index in [1.54, 1.807) is 17.0 Å². The second kappa shape index (κ2) is 8.63. The summed E-state index contributed by atoms with van der Waals surface area (Å²) in [5.41, 5.74) is 2.92. The van der Waals surface area contributed by atoms with Crippen molar-refractivity contribution >= 4 is 11.7 Å². The summed E-state index contributed by atoms with van der Waals surface area (Å²) in [4.78, 5) is 27.1. The lowest BCUT2D eigenvalue weighted by atomic mass is 10.0. The average Bonchev–Trinajstić information content (AvgIpc) is 3.28. The molecule has 2 aromatic rings. The molecule has 3 aliphatic rings. The van der Waals surface area contributed by atoms with E-state index in [1.807, 2.05) is 6.92 Å². The molecule has 0 saturated carbocycles. The predicted octanol–water partition coefficient (Wildman–Crippen LogP) is 3.72. The smallest absolute Gasteiger partial charge is 0.228 e. The third-order valence-electron chi connectivity index (χ3n) is 6.86. The van der Waals surface area contributed by atoms with Crippen LogP contribution in [0.2, 0.25) is 0 Å². The number of hydrogen-bond donors (Lipinski definition) is 0. The monoisotopic (exact) mass is 424 g/mol. The summed E-state index contributed by atoms with van der Waals surface area (Å²) < 4.78 is 18.9. The Morgan fingerprint density at radius 3 is 2.65 bits per heavy atom. The van der Waals surface area contributed by atoms with Gasteiger partial charge in [-0.05, 0) is 63.3 Å². The minimum atomic E-state index is -0.274. The molecule has 0 N–H and O–H groups in total. The maximum Gasteiger partial charge on any atom is 0.228 e. The molecule has 4 heterocycles. The van der Waals surface area contributed by atoms with Crippen molar-refractivity contribution in [2.24, 2.45) is 0 Å². The highest BCUT2D eigenvalue weighted by Gasteiger charge is 2.36. The third kappa shape index (κ3) is 4.08. The summed E-state index contributed by atoms with van der Waals surface area (Å²) in [6, 6.07) is 7.04. The summed E-state index contributed by atoms with van der Waals surface area (Å²) in [6.07, 6.45) is 5.41. The summed E-state index contributed by atoms with van der Waals surface area (Å²) in [5, 5.41) is 0. The van der Waals surface area contributed by atoms with Gasteiger partial charge in [0, 0.05) is 36.9 Å². The molecule has 1 unspecified atom stereocenters. The maximum atomic E-state index is 13.3. The van der Waals surface area contributed by atoms with Crippen LogP contribution in [0.1, 0.15) is 60.8 Å². The second-order valence-corrected chi connectivity index (χ2v) is 8.82. The van der Waals surface area contributed by atoms with E-state index in [9.17, 15) is 9.18 Å². The van der Waals surface area contributed by atoms with Gasteiger partial charge >= 0.3 is 0 Å². The first-order valence-corrected chi connectivity index (χ1v) is 11.4. The van der Waals surface area contributed by atoms with Gasteiger partial charge in [0.15, 0.2) is 0 Å². The largest absolute Gasteiger partial charge is 0.381 e. The Morgan fingerprint density at radius 1 is 1.10 bits per heavy atom. The van der Waals surface area contributed by atoms with Crippen LogP contribution in [0.5, 0.6) is 0 Å². The number of amides is 1. The highest BCUT2D eigenvalue weighted by Crippen LogP contribution is 2.37. The van der Waals surface area contributed by atoms with Crippen LogP contribution in [-0.2, 0) is 22.5 Å². The lowest BCUT2D eigenvalue weighted by Crippen LogP contribution is -2.40. The zero-order valence-electron chi connectivity index (χ0n) is 18.0. The lowest BCUT2D eigenvalue weighted by Gasteiger charge is -2.36. The number of aromatic nitrogens is 2. The number of rotatable bonds is 4. The van der Waals surface area contributed by atoms with Crippen LogP contribution in [0.15, 0.2) is 24.3 Å². The van der Waals surface area contributed by atoms with Crippen molar-refractivity contribution in [3.8, 4) is 0 Å². The van der Waals surface area contributed by atoms with E-state index in [0.29, 0.717) is 25.4 Å². The fourth-order valence-electron chi connectivity index (χ4n) is 5.21. The zero-order valence-corrected chi connectivity index (χ0v) is 18.0. The Hall–Kier alpha value is -2.38. The SMILES string of the molecule is Cc1nc(C2CCCN2C2CCOCC2)nc2c1CCC(=O)N2Cc1ccc(F)cc1. The molecule has 31 heavy (non-hydrogen) atoms. The lowest BCUT2D eigenvalue weighted by molar-refractivity contribution is -0.119. The summed E-state index contributed by atoms with van der Waals surface area (Å²) >= 11 is 0. The van der Waals surface area contributed by atoms with Crippen molar-refractivity contribution in [1.82, 2.24) is 14.9 Å². The molecule has 0 bridgehead atoms. The number of benzene rings is 1. The fraction of sp³-hybridized carbons (Fsp3) is 0.542.